The van der Waals surface area contributed by atoms with E-state index in [1.165, 1.54) is 4.90 Å². The number of alkyl carbamates (subject to hydrolysis) is 1. The molecule has 4 aliphatic carbocycles. The third-order valence-corrected chi connectivity index (χ3v) is 14.1. The zero-order chi connectivity index (χ0) is 38.6. The van der Waals surface area contributed by atoms with E-state index in [2.05, 4.69) is 15.4 Å². The molecule has 1 aromatic carbocycles. The summed E-state index contributed by atoms with van der Waals surface area (Å²) in [5.41, 5.74) is 0.822. The van der Waals surface area contributed by atoms with Crippen LogP contribution in [0.4, 0.5) is 4.79 Å². The number of amides is 4. The van der Waals surface area contributed by atoms with Gasteiger partial charge >= 0.3 is 6.09 Å². The number of hydrogen-bond donors (Lipinski definition) is 3. The first-order valence-corrected chi connectivity index (χ1v) is 21.9. The second kappa shape index (κ2) is 14.6. The Morgan fingerprint density at radius 2 is 1.73 bits per heavy atom. The van der Waals surface area contributed by atoms with Crippen molar-refractivity contribution in [3.05, 3.63) is 48.2 Å². The average Bonchev–Trinajstić information content (AvgIpc) is 4.14. The second-order valence-electron chi connectivity index (χ2n) is 16.5. The highest BCUT2D eigenvalue weighted by molar-refractivity contribution is 7.91. The van der Waals surface area contributed by atoms with Crippen molar-refractivity contribution < 1.29 is 37.1 Å². The lowest BCUT2D eigenvalue weighted by atomic mass is 10.0. The molecule has 9 rings (SSSR count). The molecule has 0 unspecified atom stereocenters. The van der Waals surface area contributed by atoms with Crippen molar-refractivity contribution in [3.8, 4) is 5.88 Å². The van der Waals surface area contributed by atoms with Crippen LogP contribution in [0, 0.1) is 5.92 Å². The molecule has 16 heteroatoms. The van der Waals surface area contributed by atoms with Crippen molar-refractivity contribution in [1.29, 1.82) is 0 Å². The van der Waals surface area contributed by atoms with Crippen LogP contribution in [0.25, 0.3) is 16.6 Å². The van der Waals surface area contributed by atoms with Crippen molar-refractivity contribution in [2.24, 2.45) is 5.92 Å². The summed E-state index contributed by atoms with van der Waals surface area (Å²) in [6.45, 7) is 0.0225. The number of rotatable bonds is 8. The monoisotopic (exact) mass is 787 g/mol. The third-order valence-electron chi connectivity index (χ3n) is 12.3. The number of nitrogens with one attached hydrogen (secondary N) is 3. The standard InChI is InChI=1S/C40H49N7O8S/c48-36-33-20-27(54-34-21-32(24-16-17-24)41-35-29-13-8-9-14-30(29)44-47(34)35)23-46(33)37(49)31(42-39(51)55-26-11-6-7-12-26)15-5-3-1-2-4-10-25-22-40(25,43-36)38(50)45-56(52,53)28-18-19-28/h4,8-10,13-14,21,24-28,31,33H,1-3,5-7,11-12,15-20,22-23H2,(H,42,51)(H,43,48)(H,45,50)/b10-4-/t25-,27+,31-,33-,40+/m0/s1. The average molecular weight is 788 g/mol. The van der Waals surface area contributed by atoms with Gasteiger partial charge in [0.25, 0.3) is 5.91 Å². The second-order valence-corrected chi connectivity index (χ2v) is 18.5. The number of sulfonamides is 1. The summed E-state index contributed by atoms with van der Waals surface area (Å²) in [6, 6.07) is 7.56. The molecule has 6 aliphatic rings. The molecule has 2 aliphatic heterocycles. The quantitative estimate of drug-likeness (QED) is 0.280. The van der Waals surface area contributed by atoms with E-state index in [0.29, 0.717) is 49.5 Å². The molecule has 4 saturated carbocycles. The van der Waals surface area contributed by atoms with Crippen LogP contribution in [-0.4, -0.2) is 93.4 Å². The predicted octanol–water partition coefficient (Wildman–Crippen LogP) is 4.15. The molecule has 0 radical (unpaired) electrons. The smallest absolute Gasteiger partial charge is 0.408 e. The van der Waals surface area contributed by atoms with Crippen molar-refractivity contribution in [2.45, 2.75) is 137 Å². The lowest BCUT2D eigenvalue weighted by Crippen LogP contribution is -2.58. The summed E-state index contributed by atoms with van der Waals surface area (Å²) in [7, 11) is -3.89. The van der Waals surface area contributed by atoms with Crippen LogP contribution >= 0.6 is 0 Å². The van der Waals surface area contributed by atoms with Crippen LogP contribution in [0.3, 0.4) is 0 Å². The first-order valence-electron chi connectivity index (χ1n) is 20.4. The van der Waals surface area contributed by atoms with Gasteiger partial charge in [0.2, 0.25) is 27.7 Å². The highest BCUT2D eigenvalue weighted by Crippen LogP contribution is 2.46. The van der Waals surface area contributed by atoms with Crippen LogP contribution < -0.4 is 20.1 Å². The summed E-state index contributed by atoms with van der Waals surface area (Å²) < 4.78 is 42.1. The van der Waals surface area contributed by atoms with Crippen LogP contribution in [0.5, 0.6) is 5.88 Å². The van der Waals surface area contributed by atoms with Crippen molar-refractivity contribution in [3.63, 3.8) is 0 Å². The van der Waals surface area contributed by atoms with E-state index in [9.17, 15) is 27.6 Å². The summed E-state index contributed by atoms with van der Waals surface area (Å²) in [4.78, 5) is 62.6. The molecule has 4 amide bonds. The van der Waals surface area contributed by atoms with Crippen molar-refractivity contribution >= 4 is 50.4 Å². The number of fused-ring (bicyclic) bond motifs is 5. The Morgan fingerprint density at radius 1 is 0.946 bits per heavy atom. The number of allylic oxidation sites excluding steroid dienone is 1. The molecule has 298 valence electrons. The minimum Gasteiger partial charge on any atom is -0.472 e. The molecule has 3 N–H and O–H groups in total. The number of aromatic nitrogens is 3. The predicted molar refractivity (Wildman–Crippen MR) is 204 cm³/mol. The first kappa shape index (κ1) is 36.9. The Kier molecular flexibility index (Phi) is 9.65. The van der Waals surface area contributed by atoms with E-state index in [1.807, 2.05) is 42.5 Å². The van der Waals surface area contributed by atoms with Gasteiger partial charge in [-0.3, -0.25) is 19.1 Å². The summed E-state index contributed by atoms with van der Waals surface area (Å²) in [6.07, 6.45) is 12.5. The highest BCUT2D eigenvalue weighted by atomic mass is 32.2. The highest BCUT2D eigenvalue weighted by Gasteiger charge is 2.62. The van der Waals surface area contributed by atoms with E-state index in [4.69, 9.17) is 19.6 Å². The van der Waals surface area contributed by atoms with Gasteiger partial charge in [0.1, 0.15) is 29.8 Å². The van der Waals surface area contributed by atoms with Crippen LogP contribution in [0.2, 0.25) is 0 Å². The Hall–Kier alpha value is -4.73. The minimum absolute atomic E-state index is 0.0225. The molecule has 5 atom stereocenters. The molecular formula is C40H49N7O8S. The third kappa shape index (κ3) is 7.43. The van der Waals surface area contributed by atoms with Gasteiger partial charge in [-0.15, -0.1) is 0 Å². The van der Waals surface area contributed by atoms with E-state index in [-0.39, 0.29) is 25.5 Å². The maximum absolute atomic E-state index is 14.7. The molecule has 0 bridgehead atoms. The lowest BCUT2D eigenvalue weighted by molar-refractivity contribution is -0.141. The fourth-order valence-corrected chi connectivity index (χ4v) is 10.0. The molecule has 0 spiro atoms. The maximum atomic E-state index is 14.7. The normalized spacial score (nSPS) is 29.5. The van der Waals surface area contributed by atoms with Crippen LogP contribution in [-0.2, 0) is 29.1 Å². The maximum Gasteiger partial charge on any atom is 0.408 e. The van der Waals surface area contributed by atoms with Crippen molar-refractivity contribution in [1.82, 2.24) is 34.9 Å². The molecular weight excluding hydrogens is 739 g/mol. The summed E-state index contributed by atoms with van der Waals surface area (Å²) in [5.74, 6) is -1.47. The largest absolute Gasteiger partial charge is 0.472 e. The number of ether oxygens (including phenoxy) is 2. The zero-order valence-corrected chi connectivity index (χ0v) is 32.2. The van der Waals surface area contributed by atoms with Gasteiger partial charge in [0, 0.05) is 29.7 Å². The van der Waals surface area contributed by atoms with Gasteiger partial charge in [-0.25, -0.2) is 18.2 Å². The van der Waals surface area contributed by atoms with E-state index in [0.717, 1.165) is 68.0 Å². The Labute approximate surface area is 325 Å². The van der Waals surface area contributed by atoms with Crippen LogP contribution in [0.15, 0.2) is 42.5 Å². The Balaban J connectivity index is 1.03. The molecule has 3 aromatic rings. The van der Waals surface area contributed by atoms with Gasteiger partial charge in [-0.05, 0) is 89.2 Å². The fourth-order valence-electron chi connectivity index (χ4n) is 8.65. The lowest BCUT2D eigenvalue weighted by Gasteiger charge is -2.30. The molecule has 2 aromatic heterocycles. The topological polar surface area (TPSA) is 190 Å². The minimum atomic E-state index is -3.89. The van der Waals surface area contributed by atoms with Gasteiger partial charge in [0.15, 0.2) is 5.65 Å². The van der Waals surface area contributed by atoms with E-state index < -0.39 is 68.7 Å². The fraction of sp³-hybridized carbons (Fsp3) is 0.600. The van der Waals surface area contributed by atoms with Gasteiger partial charge in [0.05, 0.1) is 23.0 Å². The number of carbonyl (C=O) groups excluding carboxylic acids is 4. The summed E-state index contributed by atoms with van der Waals surface area (Å²) >= 11 is 0. The Morgan fingerprint density at radius 3 is 2.52 bits per heavy atom. The SMILES string of the molecule is O=C(N[C@H]1CCCCC/C=C\[C@H]2C[C@@]2(C(=O)NS(=O)(=O)C2CC2)NC(=O)[C@@H]2C[C@@H](Oc3cc(C4CC4)nc4c5ccccc5nn34)CN2C1=O)OC1CCCC1. The number of nitrogens with zero attached hydrogens (tertiary/aromatic N) is 4. The van der Waals surface area contributed by atoms with Gasteiger partial charge in [-0.1, -0.05) is 37.1 Å². The van der Waals surface area contributed by atoms with E-state index in [1.54, 1.807) is 4.52 Å². The van der Waals surface area contributed by atoms with E-state index >= 15 is 0 Å². The van der Waals surface area contributed by atoms with Gasteiger partial charge in [-0.2, -0.15) is 9.61 Å². The number of benzene rings is 1. The molecule has 56 heavy (non-hydrogen) atoms. The van der Waals surface area contributed by atoms with Crippen molar-refractivity contribution in [2.75, 3.05) is 6.54 Å². The molecule has 4 heterocycles. The first-order chi connectivity index (χ1) is 27.1. The summed E-state index contributed by atoms with van der Waals surface area (Å²) in [5, 5.41) is 10.8. The Bertz CT molecular complexity index is 2190. The molecule has 15 nitrogen and oxygen atoms in total. The molecule has 5 fully saturated rings. The number of carbonyl (C=O) groups is 4. The molecule has 1 saturated heterocycles. The zero-order valence-electron chi connectivity index (χ0n) is 31.4. The number of hydrogen-bond acceptors (Lipinski definition) is 10. The van der Waals surface area contributed by atoms with Crippen LogP contribution in [0.1, 0.15) is 108 Å². The van der Waals surface area contributed by atoms with Gasteiger partial charge < -0.3 is 25.0 Å².